The van der Waals surface area contributed by atoms with Crippen molar-refractivity contribution >= 4 is 17.6 Å². The lowest BCUT2D eigenvalue weighted by molar-refractivity contribution is -0.120. The standard InChI is InChI=1S/C19H24F2N6O3/c1-22-19(23-9-13-4-5-15(29-3)16(8-13)30-18(20)21)26-6-7-27(17(28)12-26)14-10-24-25(2)11-14/h4-5,8,10-11,18H,6-7,9,12H2,1-3H3,(H,22,23). The first-order chi connectivity index (χ1) is 14.4. The minimum absolute atomic E-state index is 0.0398. The fourth-order valence-electron chi connectivity index (χ4n) is 3.21. The number of ether oxygens (including phenoxy) is 2. The fraction of sp³-hybridized carbons (Fsp3) is 0.421. The van der Waals surface area contributed by atoms with Gasteiger partial charge in [0.05, 0.1) is 19.0 Å². The first kappa shape index (κ1) is 21.3. The van der Waals surface area contributed by atoms with E-state index in [2.05, 4.69) is 20.1 Å². The van der Waals surface area contributed by atoms with E-state index in [9.17, 15) is 13.6 Å². The quantitative estimate of drug-likeness (QED) is 0.561. The van der Waals surface area contributed by atoms with E-state index in [1.807, 2.05) is 4.90 Å². The molecule has 1 N–H and O–H groups in total. The summed E-state index contributed by atoms with van der Waals surface area (Å²) in [4.78, 5) is 20.4. The van der Waals surface area contributed by atoms with Crippen LogP contribution in [0.3, 0.4) is 0 Å². The molecule has 0 atom stereocenters. The Morgan fingerprint density at radius 2 is 2.13 bits per heavy atom. The highest BCUT2D eigenvalue weighted by atomic mass is 19.3. The number of piperazine rings is 1. The molecule has 2 heterocycles. The Labute approximate surface area is 172 Å². The first-order valence-electron chi connectivity index (χ1n) is 9.27. The maximum Gasteiger partial charge on any atom is 0.387 e. The summed E-state index contributed by atoms with van der Waals surface area (Å²) in [5.41, 5.74) is 1.46. The van der Waals surface area contributed by atoms with Crippen LogP contribution in [0.4, 0.5) is 14.5 Å². The molecule has 0 spiro atoms. The Balaban J connectivity index is 1.62. The number of nitrogens with one attached hydrogen (secondary N) is 1. The Morgan fingerprint density at radius 3 is 2.73 bits per heavy atom. The highest BCUT2D eigenvalue weighted by molar-refractivity contribution is 5.98. The van der Waals surface area contributed by atoms with Crippen molar-refractivity contribution in [1.82, 2.24) is 20.0 Å². The second-order valence-corrected chi connectivity index (χ2v) is 6.60. The first-order valence-corrected chi connectivity index (χ1v) is 9.27. The van der Waals surface area contributed by atoms with E-state index < -0.39 is 6.61 Å². The minimum atomic E-state index is -2.95. The third-order valence-corrected chi connectivity index (χ3v) is 4.63. The number of hydrogen-bond acceptors (Lipinski definition) is 5. The SMILES string of the molecule is CN=C(NCc1ccc(OC)c(OC(F)F)c1)N1CCN(c2cnn(C)c2)C(=O)C1. The molecule has 1 aliphatic heterocycles. The summed E-state index contributed by atoms with van der Waals surface area (Å²) in [6, 6.07) is 4.79. The van der Waals surface area contributed by atoms with E-state index in [0.717, 1.165) is 5.69 Å². The number of amides is 1. The van der Waals surface area contributed by atoms with Gasteiger partial charge in [-0.3, -0.25) is 14.5 Å². The van der Waals surface area contributed by atoms with Crippen molar-refractivity contribution in [2.45, 2.75) is 13.2 Å². The smallest absolute Gasteiger partial charge is 0.387 e. The zero-order valence-corrected chi connectivity index (χ0v) is 17.0. The van der Waals surface area contributed by atoms with E-state index in [1.54, 1.807) is 48.2 Å². The molecule has 1 aliphatic rings. The Kier molecular flexibility index (Phi) is 6.70. The van der Waals surface area contributed by atoms with E-state index in [0.29, 0.717) is 31.2 Å². The number of guanidine groups is 1. The van der Waals surface area contributed by atoms with E-state index in [1.165, 1.54) is 13.2 Å². The molecule has 30 heavy (non-hydrogen) atoms. The fourth-order valence-corrected chi connectivity index (χ4v) is 3.21. The number of aromatic nitrogens is 2. The third-order valence-electron chi connectivity index (χ3n) is 4.63. The molecule has 0 radical (unpaired) electrons. The average molecular weight is 422 g/mol. The molecule has 0 unspecified atom stereocenters. The number of nitrogens with zero attached hydrogens (tertiary/aromatic N) is 5. The van der Waals surface area contributed by atoms with Crippen LogP contribution in [-0.4, -0.2) is 67.0 Å². The summed E-state index contributed by atoms with van der Waals surface area (Å²) in [6.07, 6.45) is 3.45. The number of aryl methyl sites for hydroxylation is 1. The Bertz CT molecular complexity index is 917. The van der Waals surface area contributed by atoms with Crippen LogP contribution in [0.1, 0.15) is 5.56 Å². The summed E-state index contributed by atoms with van der Waals surface area (Å²) >= 11 is 0. The summed E-state index contributed by atoms with van der Waals surface area (Å²) in [5, 5.41) is 7.26. The van der Waals surface area contributed by atoms with Gasteiger partial charge in [-0.1, -0.05) is 6.07 Å². The van der Waals surface area contributed by atoms with Gasteiger partial charge in [-0.2, -0.15) is 13.9 Å². The molecule has 1 aromatic heterocycles. The number of hydrogen-bond donors (Lipinski definition) is 1. The average Bonchev–Trinajstić information content (AvgIpc) is 3.14. The molecule has 1 amide bonds. The Hall–Kier alpha value is -3.37. The molecule has 3 rings (SSSR count). The van der Waals surface area contributed by atoms with Crippen LogP contribution in [-0.2, 0) is 18.4 Å². The number of carbonyl (C=O) groups is 1. The molecule has 162 valence electrons. The topological polar surface area (TPSA) is 84.2 Å². The predicted molar refractivity (Wildman–Crippen MR) is 107 cm³/mol. The van der Waals surface area contributed by atoms with Gasteiger partial charge in [-0.15, -0.1) is 0 Å². The Morgan fingerprint density at radius 1 is 1.33 bits per heavy atom. The van der Waals surface area contributed by atoms with E-state index in [4.69, 9.17) is 4.74 Å². The number of aliphatic imine (C=N–C) groups is 1. The van der Waals surface area contributed by atoms with E-state index >= 15 is 0 Å². The lowest BCUT2D eigenvalue weighted by Crippen LogP contribution is -2.55. The number of benzene rings is 1. The zero-order valence-electron chi connectivity index (χ0n) is 17.0. The van der Waals surface area contributed by atoms with Crippen LogP contribution < -0.4 is 19.7 Å². The van der Waals surface area contributed by atoms with Crippen LogP contribution in [0.25, 0.3) is 0 Å². The lowest BCUT2D eigenvalue weighted by Gasteiger charge is -2.35. The van der Waals surface area contributed by atoms with Crippen molar-refractivity contribution < 1.29 is 23.0 Å². The molecule has 1 fully saturated rings. The maximum absolute atomic E-state index is 12.6. The summed E-state index contributed by atoms with van der Waals surface area (Å²) in [5.74, 6) is 0.665. The van der Waals surface area contributed by atoms with Gasteiger partial charge in [0.2, 0.25) is 5.91 Å². The highest BCUT2D eigenvalue weighted by Crippen LogP contribution is 2.29. The van der Waals surface area contributed by atoms with Crippen LogP contribution in [0.5, 0.6) is 11.5 Å². The second kappa shape index (κ2) is 9.42. The van der Waals surface area contributed by atoms with Gasteiger partial charge < -0.3 is 24.6 Å². The van der Waals surface area contributed by atoms with Crippen LogP contribution >= 0.6 is 0 Å². The monoisotopic (exact) mass is 422 g/mol. The molecule has 9 nitrogen and oxygen atoms in total. The molecule has 2 aromatic rings. The molecule has 1 saturated heterocycles. The van der Waals surface area contributed by atoms with Gasteiger partial charge in [0.25, 0.3) is 0 Å². The largest absolute Gasteiger partial charge is 0.493 e. The van der Waals surface area contributed by atoms with Crippen molar-refractivity contribution in [3.63, 3.8) is 0 Å². The van der Waals surface area contributed by atoms with E-state index in [-0.39, 0.29) is 24.0 Å². The van der Waals surface area contributed by atoms with Gasteiger partial charge >= 0.3 is 6.61 Å². The highest BCUT2D eigenvalue weighted by Gasteiger charge is 2.27. The third kappa shape index (κ3) is 4.97. The normalized spacial score (nSPS) is 15.0. The molecule has 11 heteroatoms. The van der Waals surface area contributed by atoms with Gasteiger partial charge in [0.15, 0.2) is 17.5 Å². The maximum atomic E-state index is 12.6. The molecule has 0 saturated carbocycles. The summed E-state index contributed by atoms with van der Waals surface area (Å²) in [6.45, 7) is -1.38. The van der Waals surface area contributed by atoms with Crippen LogP contribution in [0, 0.1) is 0 Å². The number of rotatable bonds is 6. The molecular formula is C19H24F2N6O3. The van der Waals surface area contributed by atoms with Gasteiger partial charge in [0.1, 0.15) is 6.54 Å². The van der Waals surface area contributed by atoms with Crippen molar-refractivity contribution in [3.8, 4) is 11.5 Å². The number of alkyl halides is 2. The van der Waals surface area contributed by atoms with Crippen molar-refractivity contribution in [3.05, 3.63) is 36.2 Å². The predicted octanol–water partition coefficient (Wildman–Crippen LogP) is 1.45. The number of methoxy groups -OCH3 is 1. The molecule has 1 aromatic carbocycles. The zero-order chi connectivity index (χ0) is 21.7. The molecular weight excluding hydrogens is 398 g/mol. The van der Waals surface area contributed by atoms with Crippen molar-refractivity contribution in [2.75, 3.05) is 38.7 Å². The summed E-state index contributed by atoms with van der Waals surface area (Å²) in [7, 11) is 4.81. The lowest BCUT2D eigenvalue weighted by atomic mass is 10.2. The molecule has 0 aliphatic carbocycles. The van der Waals surface area contributed by atoms with Crippen molar-refractivity contribution in [1.29, 1.82) is 0 Å². The summed E-state index contributed by atoms with van der Waals surface area (Å²) < 4.78 is 36.4. The second-order valence-electron chi connectivity index (χ2n) is 6.60. The number of halogens is 2. The van der Waals surface area contributed by atoms with Crippen LogP contribution in [0.2, 0.25) is 0 Å². The molecule has 0 bridgehead atoms. The van der Waals surface area contributed by atoms with Gasteiger partial charge in [-0.25, -0.2) is 0 Å². The number of anilines is 1. The number of carbonyl (C=O) groups excluding carboxylic acids is 1. The van der Waals surface area contributed by atoms with Gasteiger partial charge in [-0.05, 0) is 17.7 Å². The van der Waals surface area contributed by atoms with Crippen molar-refractivity contribution in [2.24, 2.45) is 12.0 Å². The minimum Gasteiger partial charge on any atom is -0.493 e. The van der Waals surface area contributed by atoms with Gasteiger partial charge in [0, 0.05) is 39.9 Å². The van der Waals surface area contributed by atoms with Crippen LogP contribution in [0.15, 0.2) is 35.6 Å².